The van der Waals surface area contributed by atoms with Crippen molar-refractivity contribution in [2.45, 2.75) is 12.5 Å². The molecule has 2 heteroatoms. The van der Waals surface area contributed by atoms with E-state index in [0.29, 0.717) is 11.5 Å². The second-order valence-corrected chi connectivity index (χ2v) is 4.88. The van der Waals surface area contributed by atoms with Gasteiger partial charge in [-0.05, 0) is 17.5 Å². The Kier molecular flexibility index (Phi) is 5.16. The van der Waals surface area contributed by atoms with Gasteiger partial charge in [0.2, 0.25) is 0 Å². The van der Waals surface area contributed by atoms with Crippen LogP contribution in [0.25, 0.3) is 10.6 Å². The van der Waals surface area contributed by atoms with Gasteiger partial charge in [0.15, 0.2) is 0 Å². The Morgan fingerprint density at radius 2 is 1.50 bits per heavy atom. The van der Waals surface area contributed by atoms with Gasteiger partial charge in [-0.1, -0.05) is 78.3 Å². The number of aliphatic hydroxyl groups is 1. The fourth-order valence-electron chi connectivity index (χ4n) is 2.10. The predicted octanol–water partition coefficient (Wildman–Crippen LogP) is 4.73. The van der Waals surface area contributed by atoms with Crippen LogP contribution in [0.5, 0.6) is 0 Å². The van der Waals surface area contributed by atoms with E-state index in [1.165, 1.54) is 0 Å². The highest BCUT2D eigenvalue weighted by atomic mass is 35.5. The van der Waals surface area contributed by atoms with E-state index in [9.17, 15) is 5.11 Å². The van der Waals surface area contributed by atoms with Gasteiger partial charge in [-0.15, -0.1) is 6.58 Å². The van der Waals surface area contributed by atoms with Crippen molar-refractivity contribution in [3.63, 3.8) is 0 Å². The molecule has 1 N–H and O–H groups in total. The third kappa shape index (κ3) is 3.38. The molecule has 0 aliphatic heterocycles. The maximum atomic E-state index is 10.4. The summed E-state index contributed by atoms with van der Waals surface area (Å²) in [5.41, 5.74) is 2.56. The lowest BCUT2D eigenvalue weighted by molar-refractivity contribution is 0.237. The second kappa shape index (κ2) is 7.09. The lowest BCUT2D eigenvalue weighted by Crippen LogP contribution is -2.09. The molecule has 2 aromatic rings. The van der Waals surface area contributed by atoms with E-state index in [2.05, 4.69) is 6.58 Å². The number of halogens is 1. The average molecular weight is 285 g/mol. The van der Waals surface area contributed by atoms with Gasteiger partial charge in [0.05, 0.1) is 11.1 Å². The molecular formula is C18H17ClO. The Labute approximate surface area is 124 Å². The number of hydrogen-bond acceptors (Lipinski definition) is 1. The van der Waals surface area contributed by atoms with Crippen molar-refractivity contribution in [2.75, 3.05) is 0 Å². The van der Waals surface area contributed by atoms with Crippen LogP contribution in [0.1, 0.15) is 17.5 Å². The van der Waals surface area contributed by atoms with E-state index in [4.69, 9.17) is 11.6 Å². The van der Waals surface area contributed by atoms with Crippen molar-refractivity contribution >= 4 is 22.2 Å². The zero-order chi connectivity index (χ0) is 14.4. The molecule has 0 spiro atoms. The van der Waals surface area contributed by atoms with Crippen molar-refractivity contribution in [1.82, 2.24) is 0 Å². The summed E-state index contributed by atoms with van der Waals surface area (Å²) >= 11 is 6.52. The van der Waals surface area contributed by atoms with Crippen LogP contribution in [0.15, 0.2) is 73.3 Å². The van der Waals surface area contributed by atoms with Gasteiger partial charge in [-0.25, -0.2) is 0 Å². The summed E-state index contributed by atoms with van der Waals surface area (Å²) in [6.07, 6.45) is 1.50. The van der Waals surface area contributed by atoms with Gasteiger partial charge < -0.3 is 5.11 Å². The van der Waals surface area contributed by atoms with E-state index < -0.39 is 6.10 Å². The Hall–Kier alpha value is -1.83. The van der Waals surface area contributed by atoms with E-state index in [0.717, 1.165) is 16.7 Å². The number of rotatable bonds is 5. The van der Waals surface area contributed by atoms with Crippen LogP contribution in [-0.4, -0.2) is 11.2 Å². The predicted molar refractivity (Wildman–Crippen MR) is 86.4 cm³/mol. The highest BCUT2D eigenvalue weighted by molar-refractivity contribution is 6.52. The van der Waals surface area contributed by atoms with E-state index >= 15 is 0 Å². The molecule has 0 bridgehead atoms. The monoisotopic (exact) mass is 284 g/mol. The van der Waals surface area contributed by atoms with Gasteiger partial charge >= 0.3 is 0 Å². The fraction of sp³-hybridized carbons (Fsp3) is 0.111. The number of hydrogen-bond donors (Lipinski definition) is 1. The molecular weight excluding hydrogens is 268 g/mol. The molecule has 0 aliphatic rings. The first kappa shape index (κ1) is 14.6. The van der Waals surface area contributed by atoms with Gasteiger partial charge in [-0.3, -0.25) is 0 Å². The smallest absolute Gasteiger partial charge is 0.0844 e. The Balaban J connectivity index is 2.54. The molecule has 0 fully saturated rings. The molecule has 0 amide bonds. The first-order valence-corrected chi connectivity index (χ1v) is 6.91. The van der Waals surface area contributed by atoms with Gasteiger partial charge in [0.1, 0.15) is 0 Å². The molecule has 1 unspecified atom stereocenters. The first-order chi connectivity index (χ1) is 9.74. The van der Waals surface area contributed by atoms with E-state index in [-0.39, 0.29) is 0 Å². The van der Waals surface area contributed by atoms with Crippen LogP contribution in [0.4, 0.5) is 0 Å². The van der Waals surface area contributed by atoms with Crippen LogP contribution in [0, 0.1) is 0 Å². The highest BCUT2D eigenvalue weighted by Gasteiger charge is 2.17. The van der Waals surface area contributed by atoms with Gasteiger partial charge in [0.25, 0.3) is 0 Å². The minimum atomic E-state index is -0.664. The first-order valence-electron chi connectivity index (χ1n) is 6.53. The summed E-state index contributed by atoms with van der Waals surface area (Å²) in [6.45, 7) is 3.68. The molecule has 0 saturated carbocycles. The van der Waals surface area contributed by atoms with Crippen molar-refractivity contribution in [3.8, 4) is 0 Å². The summed E-state index contributed by atoms with van der Waals surface area (Å²) in [6, 6.07) is 19.4. The lowest BCUT2D eigenvalue weighted by Gasteiger charge is -2.17. The Morgan fingerprint density at radius 1 is 1.00 bits per heavy atom. The zero-order valence-corrected chi connectivity index (χ0v) is 11.9. The van der Waals surface area contributed by atoms with Crippen molar-refractivity contribution < 1.29 is 5.11 Å². The largest absolute Gasteiger partial charge is 0.388 e. The molecule has 102 valence electrons. The molecule has 0 aromatic heterocycles. The van der Waals surface area contributed by atoms with Crippen molar-refractivity contribution in [1.29, 1.82) is 0 Å². The van der Waals surface area contributed by atoms with Gasteiger partial charge in [0, 0.05) is 5.57 Å². The third-order valence-corrected chi connectivity index (χ3v) is 3.49. The maximum absolute atomic E-state index is 10.4. The normalized spacial score (nSPS) is 13.5. The van der Waals surface area contributed by atoms with E-state index in [1.54, 1.807) is 6.08 Å². The Morgan fingerprint density at radius 3 is 2.00 bits per heavy atom. The average Bonchev–Trinajstić information content (AvgIpc) is 2.50. The summed E-state index contributed by atoms with van der Waals surface area (Å²) in [7, 11) is 0. The number of benzene rings is 2. The van der Waals surface area contributed by atoms with Crippen LogP contribution in [0.3, 0.4) is 0 Å². The molecule has 0 radical (unpaired) electrons. The van der Waals surface area contributed by atoms with Crippen LogP contribution < -0.4 is 0 Å². The second-order valence-electron chi connectivity index (χ2n) is 4.50. The summed E-state index contributed by atoms with van der Waals surface area (Å²) in [5.74, 6) is 0. The molecule has 0 heterocycles. The van der Waals surface area contributed by atoms with E-state index in [1.807, 2.05) is 60.7 Å². The number of aliphatic hydroxyl groups excluding tert-OH is 1. The maximum Gasteiger partial charge on any atom is 0.0844 e. The standard InChI is InChI=1S/C18H17ClO/c1-2-9-16(20)17(14-10-5-3-6-11-14)18(19)15-12-7-4-8-13-15/h2-8,10-13,16,20H,1,9H2/b18-17-. The molecule has 1 atom stereocenters. The minimum Gasteiger partial charge on any atom is -0.388 e. The highest BCUT2D eigenvalue weighted by Crippen LogP contribution is 2.33. The molecule has 1 nitrogen and oxygen atoms in total. The molecule has 2 aromatic carbocycles. The minimum absolute atomic E-state index is 0.466. The molecule has 0 saturated heterocycles. The molecule has 20 heavy (non-hydrogen) atoms. The van der Waals surface area contributed by atoms with Crippen LogP contribution in [-0.2, 0) is 0 Å². The van der Waals surface area contributed by atoms with Crippen LogP contribution >= 0.6 is 11.6 Å². The quantitative estimate of drug-likeness (QED) is 0.621. The molecule has 2 rings (SSSR count). The van der Waals surface area contributed by atoms with Crippen LogP contribution in [0.2, 0.25) is 0 Å². The van der Waals surface area contributed by atoms with Crippen molar-refractivity contribution in [3.05, 3.63) is 84.4 Å². The Bertz CT molecular complexity index is 587. The van der Waals surface area contributed by atoms with Crippen molar-refractivity contribution in [2.24, 2.45) is 0 Å². The topological polar surface area (TPSA) is 20.2 Å². The fourth-order valence-corrected chi connectivity index (χ4v) is 2.46. The molecule has 0 aliphatic carbocycles. The SMILES string of the molecule is C=CCC(O)/C(=C(\Cl)c1ccccc1)c1ccccc1. The van der Waals surface area contributed by atoms with Gasteiger partial charge in [-0.2, -0.15) is 0 Å². The zero-order valence-electron chi connectivity index (χ0n) is 11.2. The summed E-state index contributed by atoms with van der Waals surface area (Å²) in [5, 5.41) is 11.0. The lowest BCUT2D eigenvalue weighted by atomic mass is 9.96. The third-order valence-electron chi connectivity index (χ3n) is 3.07. The summed E-state index contributed by atoms with van der Waals surface area (Å²) in [4.78, 5) is 0. The summed E-state index contributed by atoms with van der Waals surface area (Å²) < 4.78 is 0.